The number of aromatic nitrogens is 4. The highest BCUT2D eigenvalue weighted by atomic mass is 79.9. The van der Waals surface area contributed by atoms with Gasteiger partial charge in [-0.3, -0.25) is 4.57 Å². The van der Waals surface area contributed by atoms with E-state index in [1.807, 2.05) is 29.0 Å². The first-order chi connectivity index (χ1) is 11.3. The predicted molar refractivity (Wildman–Crippen MR) is 98.6 cm³/mol. The number of benzene rings is 1. The first-order valence-corrected chi connectivity index (χ1v) is 10.0. The lowest BCUT2D eigenvalue weighted by atomic mass is 10.3. The van der Waals surface area contributed by atoms with E-state index in [4.69, 9.17) is 0 Å². The van der Waals surface area contributed by atoms with E-state index in [-0.39, 0.29) is 0 Å². The normalized spacial score (nSPS) is 11.0. The van der Waals surface area contributed by atoms with Gasteiger partial charge in [-0.25, -0.2) is 4.98 Å². The molecule has 4 rings (SSSR count). The maximum atomic E-state index is 4.41. The number of thiophene rings is 1. The highest BCUT2D eigenvalue weighted by molar-refractivity contribution is 9.10. The summed E-state index contributed by atoms with van der Waals surface area (Å²) in [5.74, 6) is 0.848. The number of hydrogen-bond acceptors (Lipinski definition) is 6. The van der Waals surface area contributed by atoms with Crippen LogP contribution >= 0.6 is 50.4 Å². The Morgan fingerprint density at radius 3 is 2.57 bits per heavy atom. The van der Waals surface area contributed by atoms with Crippen molar-refractivity contribution in [2.45, 2.75) is 9.50 Å². The van der Waals surface area contributed by atoms with Crippen LogP contribution in [-0.2, 0) is 0 Å². The second-order valence-electron chi connectivity index (χ2n) is 4.50. The van der Waals surface area contributed by atoms with E-state index < -0.39 is 0 Å². The van der Waals surface area contributed by atoms with Crippen LogP contribution < -0.4 is 0 Å². The molecule has 0 N–H and O–H groups in total. The fourth-order valence-electron chi connectivity index (χ4n) is 2.06. The summed E-state index contributed by atoms with van der Waals surface area (Å²) >= 11 is 8.26. The van der Waals surface area contributed by atoms with Gasteiger partial charge in [0, 0.05) is 21.7 Å². The summed E-state index contributed by atoms with van der Waals surface area (Å²) in [6.07, 6.45) is 1.80. The van der Waals surface area contributed by atoms with Crippen LogP contribution in [0.4, 0.5) is 0 Å². The monoisotopic (exact) mass is 420 g/mol. The maximum Gasteiger partial charge on any atom is 0.203 e. The van der Waals surface area contributed by atoms with Crippen LogP contribution in [0.3, 0.4) is 0 Å². The van der Waals surface area contributed by atoms with Crippen LogP contribution in [0.25, 0.3) is 16.4 Å². The Hall–Kier alpha value is -1.48. The zero-order chi connectivity index (χ0) is 15.6. The average molecular weight is 421 g/mol. The van der Waals surface area contributed by atoms with E-state index in [0.717, 1.165) is 30.4 Å². The van der Waals surface area contributed by atoms with Crippen molar-refractivity contribution in [3.05, 3.63) is 57.8 Å². The molecule has 0 bridgehead atoms. The van der Waals surface area contributed by atoms with Gasteiger partial charge in [0.1, 0.15) is 0 Å². The molecule has 23 heavy (non-hydrogen) atoms. The van der Waals surface area contributed by atoms with Gasteiger partial charge < -0.3 is 0 Å². The average Bonchev–Trinajstić information content (AvgIpc) is 3.29. The minimum absolute atomic E-state index is 0.811. The van der Waals surface area contributed by atoms with Gasteiger partial charge in [0.25, 0.3) is 0 Å². The van der Waals surface area contributed by atoms with Gasteiger partial charge in [-0.1, -0.05) is 22.0 Å². The molecule has 3 aromatic heterocycles. The first kappa shape index (κ1) is 15.1. The third-order valence-electron chi connectivity index (χ3n) is 3.05. The topological polar surface area (TPSA) is 43.6 Å². The minimum atomic E-state index is 0.811. The Labute approximate surface area is 153 Å². The quantitative estimate of drug-likeness (QED) is 0.445. The van der Waals surface area contributed by atoms with Crippen molar-refractivity contribution in [3.63, 3.8) is 0 Å². The van der Waals surface area contributed by atoms with E-state index >= 15 is 0 Å². The summed E-state index contributed by atoms with van der Waals surface area (Å²) in [5.41, 5.74) is 1.03. The molecule has 0 aliphatic heterocycles. The second-order valence-corrected chi connectivity index (χ2v) is 8.47. The third-order valence-corrected chi connectivity index (χ3v) is 6.27. The van der Waals surface area contributed by atoms with E-state index in [0.29, 0.717) is 0 Å². The number of rotatable bonds is 4. The molecule has 0 spiro atoms. The van der Waals surface area contributed by atoms with Crippen LogP contribution in [0.15, 0.2) is 67.3 Å². The SMILES string of the molecule is Brc1ccc(-n2c(Sc3nccs3)nnc2-c2cccs2)cc1. The summed E-state index contributed by atoms with van der Waals surface area (Å²) in [7, 11) is 0. The summed E-state index contributed by atoms with van der Waals surface area (Å²) in [6, 6.07) is 12.2. The molecular formula is C15H9BrN4S3. The second kappa shape index (κ2) is 6.56. The fourth-order valence-corrected chi connectivity index (χ4v) is 4.60. The lowest BCUT2D eigenvalue weighted by molar-refractivity contribution is 0.885. The Kier molecular flexibility index (Phi) is 4.30. The summed E-state index contributed by atoms with van der Waals surface area (Å²) in [5, 5.41) is 13.6. The predicted octanol–water partition coefficient (Wildman–Crippen LogP) is 5.37. The molecule has 8 heteroatoms. The standard InChI is InChI=1S/C15H9BrN4S3/c16-10-3-5-11(6-4-10)20-13(12-2-1-8-21-12)18-19-14(20)23-15-17-7-9-22-15/h1-9H. The van der Waals surface area contributed by atoms with Gasteiger partial charge in [-0.05, 0) is 47.5 Å². The van der Waals surface area contributed by atoms with Crippen LogP contribution in [0, 0.1) is 0 Å². The van der Waals surface area contributed by atoms with E-state index in [1.165, 1.54) is 11.8 Å². The van der Waals surface area contributed by atoms with Crippen molar-refractivity contribution in [2.75, 3.05) is 0 Å². The summed E-state index contributed by atoms with van der Waals surface area (Å²) in [6.45, 7) is 0. The lowest BCUT2D eigenvalue weighted by Crippen LogP contribution is -1.98. The summed E-state index contributed by atoms with van der Waals surface area (Å²) in [4.78, 5) is 5.42. The first-order valence-electron chi connectivity index (χ1n) is 6.64. The van der Waals surface area contributed by atoms with Crippen molar-refractivity contribution >= 4 is 50.4 Å². The van der Waals surface area contributed by atoms with E-state index in [1.54, 1.807) is 28.9 Å². The molecule has 114 valence electrons. The molecule has 4 nitrogen and oxygen atoms in total. The van der Waals surface area contributed by atoms with Gasteiger partial charge in [0.05, 0.1) is 4.88 Å². The number of thiazole rings is 1. The zero-order valence-electron chi connectivity index (χ0n) is 11.6. The molecule has 0 atom stereocenters. The highest BCUT2D eigenvalue weighted by Crippen LogP contribution is 2.34. The molecule has 0 amide bonds. The van der Waals surface area contributed by atoms with Gasteiger partial charge in [-0.15, -0.1) is 32.9 Å². The van der Waals surface area contributed by atoms with Crippen molar-refractivity contribution in [3.8, 4) is 16.4 Å². The van der Waals surface area contributed by atoms with Gasteiger partial charge >= 0.3 is 0 Å². The molecule has 3 heterocycles. The van der Waals surface area contributed by atoms with Crippen LogP contribution in [-0.4, -0.2) is 19.7 Å². The van der Waals surface area contributed by atoms with Crippen LogP contribution in [0.5, 0.6) is 0 Å². The number of halogens is 1. The molecule has 0 saturated carbocycles. The Bertz CT molecular complexity index is 899. The van der Waals surface area contributed by atoms with Crippen molar-refractivity contribution in [2.24, 2.45) is 0 Å². The maximum absolute atomic E-state index is 4.41. The van der Waals surface area contributed by atoms with Gasteiger partial charge in [0.2, 0.25) is 5.16 Å². The molecular weight excluding hydrogens is 412 g/mol. The van der Waals surface area contributed by atoms with E-state index in [9.17, 15) is 0 Å². The highest BCUT2D eigenvalue weighted by Gasteiger charge is 2.18. The Balaban J connectivity index is 1.85. The third kappa shape index (κ3) is 3.12. The molecule has 0 unspecified atom stereocenters. The number of hydrogen-bond donors (Lipinski definition) is 0. The van der Waals surface area contributed by atoms with Gasteiger partial charge in [0.15, 0.2) is 10.2 Å². The molecule has 0 aliphatic carbocycles. The largest absolute Gasteiger partial charge is 0.269 e. The van der Waals surface area contributed by atoms with Crippen molar-refractivity contribution < 1.29 is 0 Å². The zero-order valence-corrected chi connectivity index (χ0v) is 15.6. The molecule has 0 fully saturated rings. The summed E-state index contributed by atoms with van der Waals surface area (Å²) < 4.78 is 4.07. The van der Waals surface area contributed by atoms with Crippen LogP contribution in [0.1, 0.15) is 0 Å². The minimum Gasteiger partial charge on any atom is -0.269 e. The lowest BCUT2D eigenvalue weighted by Gasteiger charge is -2.08. The number of nitrogens with zero attached hydrogens (tertiary/aromatic N) is 4. The molecule has 0 radical (unpaired) electrons. The van der Waals surface area contributed by atoms with Crippen molar-refractivity contribution in [1.29, 1.82) is 0 Å². The van der Waals surface area contributed by atoms with Gasteiger partial charge in [-0.2, -0.15) is 0 Å². The Morgan fingerprint density at radius 1 is 1.00 bits per heavy atom. The Morgan fingerprint density at radius 2 is 1.87 bits per heavy atom. The smallest absolute Gasteiger partial charge is 0.203 e. The van der Waals surface area contributed by atoms with Crippen molar-refractivity contribution in [1.82, 2.24) is 19.7 Å². The molecule has 0 saturated heterocycles. The van der Waals surface area contributed by atoms with E-state index in [2.05, 4.69) is 53.9 Å². The fraction of sp³-hybridized carbons (Fsp3) is 0. The molecule has 4 aromatic rings. The molecule has 1 aromatic carbocycles. The molecule has 0 aliphatic rings. The van der Waals surface area contributed by atoms with Crippen LogP contribution in [0.2, 0.25) is 0 Å².